The highest BCUT2D eigenvalue weighted by atomic mass is 32.2. The summed E-state index contributed by atoms with van der Waals surface area (Å²) in [6, 6.07) is 12.4. The molecule has 0 atom stereocenters. The molecule has 1 heterocycles. The molecule has 2 aromatic rings. The average Bonchev–Trinajstić information content (AvgIpc) is 3.21. The molecule has 0 aromatic heterocycles. The van der Waals surface area contributed by atoms with Gasteiger partial charge in [0.25, 0.3) is 5.91 Å². The Hall–Kier alpha value is -2.25. The van der Waals surface area contributed by atoms with Crippen LogP contribution < -0.4 is 5.32 Å². The van der Waals surface area contributed by atoms with Crippen molar-refractivity contribution in [2.24, 2.45) is 0 Å². The molecule has 7 heteroatoms. The van der Waals surface area contributed by atoms with Crippen LogP contribution in [0.5, 0.6) is 0 Å². The number of rotatable bonds is 5. The highest BCUT2D eigenvalue weighted by Gasteiger charge is 2.40. The SMILES string of the molecule is O=C(NC1(c2ccc(F)cc2)CCC1)c1cccc(S(=O)(=O)N2CCCC2)c1. The number of nitrogens with zero attached hydrogens (tertiary/aromatic N) is 1. The average molecular weight is 402 g/mol. The number of hydrogen-bond acceptors (Lipinski definition) is 3. The highest BCUT2D eigenvalue weighted by Crippen LogP contribution is 2.41. The molecule has 2 aliphatic rings. The van der Waals surface area contributed by atoms with Crippen molar-refractivity contribution in [2.45, 2.75) is 42.5 Å². The van der Waals surface area contributed by atoms with E-state index in [0.717, 1.165) is 37.7 Å². The van der Waals surface area contributed by atoms with E-state index >= 15 is 0 Å². The molecule has 0 spiro atoms. The molecule has 0 radical (unpaired) electrons. The maximum atomic E-state index is 13.3. The van der Waals surface area contributed by atoms with Crippen molar-refractivity contribution in [3.05, 3.63) is 65.5 Å². The Balaban J connectivity index is 1.57. The molecule has 1 aliphatic carbocycles. The minimum absolute atomic E-state index is 0.145. The summed E-state index contributed by atoms with van der Waals surface area (Å²) < 4.78 is 40.3. The first kappa shape index (κ1) is 19.1. The van der Waals surface area contributed by atoms with E-state index in [1.54, 1.807) is 24.3 Å². The Kier molecular flexibility index (Phi) is 4.97. The quantitative estimate of drug-likeness (QED) is 0.833. The number of nitrogens with one attached hydrogen (secondary N) is 1. The first-order chi connectivity index (χ1) is 13.4. The molecular formula is C21H23FN2O3S. The van der Waals surface area contributed by atoms with Gasteiger partial charge in [0, 0.05) is 18.7 Å². The van der Waals surface area contributed by atoms with Crippen LogP contribution in [0.1, 0.15) is 48.0 Å². The standard InChI is InChI=1S/C21H23FN2O3S/c22-18-9-7-17(8-10-18)21(11-4-12-21)23-20(25)16-5-3-6-19(15-16)28(26,27)24-13-1-2-14-24/h3,5-10,15H,1-2,4,11-14H2,(H,23,25). The number of carbonyl (C=O) groups is 1. The number of carbonyl (C=O) groups excluding carboxylic acids is 1. The summed E-state index contributed by atoms with van der Waals surface area (Å²) in [6.07, 6.45) is 4.24. The fourth-order valence-corrected chi connectivity index (χ4v) is 5.51. The number of halogens is 1. The maximum absolute atomic E-state index is 13.3. The van der Waals surface area contributed by atoms with Crippen molar-refractivity contribution in [1.29, 1.82) is 0 Å². The fraction of sp³-hybridized carbons (Fsp3) is 0.381. The summed E-state index contributed by atoms with van der Waals surface area (Å²) >= 11 is 0. The van der Waals surface area contributed by atoms with Gasteiger partial charge in [-0.15, -0.1) is 0 Å². The minimum Gasteiger partial charge on any atom is -0.343 e. The van der Waals surface area contributed by atoms with E-state index in [1.165, 1.54) is 28.6 Å². The van der Waals surface area contributed by atoms with Crippen LogP contribution in [-0.2, 0) is 15.6 Å². The van der Waals surface area contributed by atoms with Crippen molar-refractivity contribution in [2.75, 3.05) is 13.1 Å². The van der Waals surface area contributed by atoms with E-state index in [0.29, 0.717) is 18.7 Å². The monoisotopic (exact) mass is 402 g/mol. The van der Waals surface area contributed by atoms with Crippen molar-refractivity contribution in [3.63, 3.8) is 0 Å². The van der Waals surface area contributed by atoms with Gasteiger partial charge in [-0.05, 0) is 68.0 Å². The van der Waals surface area contributed by atoms with E-state index in [9.17, 15) is 17.6 Å². The zero-order valence-electron chi connectivity index (χ0n) is 15.5. The summed E-state index contributed by atoms with van der Waals surface area (Å²) in [6.45, 7) is 1.04. The molecule has 2 fully saturated rings. The third-order valence-electron chi connectivity index (χ3n) is 5.76. The number of benzene rings is 2. The summed E-state index contributed by atoms with van der Waals surface area (Å²) in [5, 5.41) is 3.06. The molecule has 0 bridgehead atoms. The summed E-state index contributed by atoms with van der Waals surface area (Å²) in [7, 11) is -3.58. The smallest absolute Gasteiger partial charge is 0.252 e. The predicted molar refractivity (Wildman–Crippen MR) is 104 cm³/mol. The van der Waals surface area contributed by atoms with Crippen molar-refractivity contribution < 1.29 is 17.6 Å². The Labute approximate surface area is 164 Å². The molecule has 1 saturated heterocycles. The van der Waals surface area contributed by atoms with Crippen LogP contribution in [0.25, 0.3) is 0 Å². The van der Waals surface area contributed by atoms with Gasteiger partial charge in [0.05, 0.1) is 10.4 Å². The fourth-order valence-electron chi connectivity index (χ4n) is 3.95. The van der Waals surface area contributed by atoms with E-state index in [2.05, 4.69) is 5.32 Å². The van der Waals surface area contributed by atoms with Crippen LogP contribution in [0.15, 0.2) is 53.4 Å². The molecule has 5 nitrogen and oxygen atoms in total. The van der Waals surface area contributed by atoms with E-state index in [4.69, 9.17) is 0 Å². The first-order valence-corrected chi connectivity index (χ1v) is 11.0. The molecule has 148 valence electrons. The number of hydrogen-bond donors (Lipinski definition) is 1. The van der Waals surface area contributed by atoms with Gasteiger partial charge in [0.2, 0.25) is 10.0 Å². The van der Waals surface area contributed by atoms with Gasteiger partial charge in [-0.25, -0.2) is 12.8 Å². The summed E-state index contributed by atoms with van der Waals surface area (Å²) in [4.78, 5) is 13.0. The molecule has 1 N–H and O–H groups in total. The molecule has 0 unspecified atom stereocenters. The topological polar surface area (TPSA) is 66.5 Å². The normalized spacial score (nSPS) is 19.2. The Bertz CT molecular complexity index is 979. The van der Waals surface area contributed by atoms with E-state index in [-0.39, 0.29) is 16.6 Å². The Morgan fingerprint density at radius 1 is 1.00 bits per heavy atom. The molecule has 1 amide bonds. The predicted octanol–water partition coefficient (Wildman–Crippen LogP) is 3.42. The van der Waals surface area contributed by atoms with Gasteiger partial charge in [-0.1, -0.05) is 18.2 Å². The van der Waals surface area contributed by atoms with Crippen molar-refractivity contribution in [3.8, 4) is 0 Å². The zero-order chi connectivity index (χ0) is 19.8. The molecule has 4 rings (SSSR count). The van der Waals surface area contributed by atoms with E-state index in [1.807, 2.05) is 0 Å². The van der Waals surface area contributed by atoms with Crippen molar-refractivity contribution >= 4 is 15.9 Å². The third-order valence-corrected chi connectivity index (χ3v) is 7.65. The van der Waals surface area contributed by atoms with Crippen LogP contribution in [0.2, 0.25) is 0 Å². The van der Waals surface area contributed by atoms with Crippen LogP contribution in [0, 0.1) is 5.82 Å². The Morgan fingerprint density at radius 2 is 1.68 bits per heavy atom. The zero-order valence-corrected chi connectivity index (χ0v) is 16.3. The van der Waals surface area contributed by atoms with Gasteiger partial charge in [-0.3, -0.25) is 4.79 Å². The number of amides is 1. The molecular weight excluding hydrogens is 379 g/mol. The first-order valence-electron chi connectivity index (χ1n) is 9.60. The van der Waals surface area contributed by atoms with Crippen LogP contribution >= 0.6 is 0 Å². The van der Waals surface area contributed by atoms with E-state index < -0.39 is 15.6 Å². The highest BCUT2D eigenvalue weighted by molar-refractivity contribution is 7.89. The molecule has 2 aromatic carbocycles. The van der Waals surface area contributed by atoms with Crippen LogP contribution in [0.3, 0.4) is 0 Å². The maximum Gasteiger partial charge on any atom is 0.252 e. The van der Waals surface area contributed by atoms with Crippen LogP contribution in [0.4, 0.5) is 4.39 Å². The molecule has 1 saturated carbocycles. The lowest BCUT2D eigenvalue weighted by Crippen LogP contribution is -2.50. The van der Waals surface area contributed by atoms with Crippen molar-refractivity contribution in [1.82, 2.24) is 9.62 Å². The lowest BCUT2D eigenvalue weighted by Gasteiger charge is -2.43. The summed E-state index contributed by atoms with van der Waals surface area (Å²) in [5.74, 6) is -0.633. The van der Waals surface area contributed by atoms with Crippen LogP contribution in [-0.4, -0.2) is 31.7 Å². The lowest BCUT2D eigenvalue weighted by molar-refractivity contribution is 0.0823. The Morgan fingerprint density at radius 3 is 2.29 bits per heavy atom. The largest absolute Gasteiger partial charge is 0.343 e. The second-order valence-corrected chi connectivity index (χ2v) is 9.47. The second-order valence-electron chi connectivity index (χ2n) is 7.54. The molecule has 1 aliphatic heterocycles. The third kappa shape index (κ3) is 3.44. The van der Waals surface area contributed by atoms with Gasteiger partial charge in [0.1, 0.15) is 5.82 Å². The lowest BCUT2D eigenvalue weighted by atomic mass is 9.71. The number of sulfonamides is 1. The van der Waals surface area contributed by atoms with Gasteiger partial charge in [0.15, 0.2) is 0 Å². The van der Waals surface area contributed by atoms with Gasteiger partial charge in [-0.2, -0.15) is 4.31 Å². The molecule has 28 heavy (non-hydrogen) atoms. The van der Waals surface area contributed by atoms with Gasteiger partial charge >= 0.3 is 0 Å². The second kappa shape index (κ2) is 7.29. The minimum atomic E-state index is -3.58. The summed E-state index contributed by atoms with van der Waals surface area (Å²) in [5.41, 5.74) is 0.664. The van der Waals surface area contributed by atoms with Gasteiger partial charge < -0.3 is 5.32 Å².